The van der Waals surface area contributed by atoms with Crippen LogP contribution in [-0.2, 0) is 43.0 Å². The molecule has 1 amide bonds. The average Bonchev–Trinajstić information content (AvgIpc) is 4.03. The number of carboxylic acid groups (broad SMARTS) is 1. The molecule has 2 aromatic heterocycles. The lowest BCUT2D eigenvalue weighted by Crippen LogP contribution is -2.52. The summed E-state index contributed by atoms with van der Waals surface area (Å²) in [5.41, 5.74) is 11.7. The molecule has 0 saturated carbocycles. The lowest BCUT2D eigenvalue weighted by molar-refractivity contribution is -0.151. The molecule has 11 heteroatoms. The monoisotopic (exact) mass is 816 g/mol. The van der Waals surface area contributed by atoms with Crippen molar-refractivity contribution in [2.24, 2.45) is 0 Å². The van der Waals surface area contributed by atoms with Gasteiger partial charge in [0.2, 0.25) is 0 Å². The summed E-state index contributed by atoms with van der Waals surface area (Å²) in [5.74, 6) is -0.809. The Morgan fingerprint density at radius 1 is 0.574 bits per heavy atom. The van der Waals surface area contributed by atoms with Crippen molar-refractivity contribution in [2.75, 3.05) is 50.0 Å². The molecule has 4 N–H and O–H groups in total. The van der Waals surface area contributed by atoms with Gasteiger partial charge >= 0.3 is 5.97 Å². The number of likely N-dealkylation sites (tertiary alicyclic amines) is 1. The van der Waals surface area contributed by atoms with E-state index in [1.165, 1.54) is 34.0 Å². The Bertz CT molecular complexity index is 2550. The van der Waals surface area contributed by atoms with Gasteiger partial charge in [0.05, 0.1) is 47.0 Å². The van der Waals surface area contributed by atoms with Crippen molar-refractivity contribution in [3.8, 4) is 11.4 Å². The third-order valence-electron chi connectivity index (χ3n) is 13.4. The second-order valence-corrected chi connectivity index (χ2v) is 16.8. The smallest absolute Gasteiger partial charge is 0.337 e. The van der Waals surface area contributed by atoms with Gasteiger partial charge < -0.3 is 44.6 Å². The molecule has 2 saturated heterocycles. The van der Waals surface area contributed by atoms with Crippen LogP contribution in [0, 0.1) is 0 Å². The van der Waals surface area contributed by atoms with Crippen LogP contribution in [0.3, 0.4) is 0 Å². The number of carboxylic acids is 1. The van der Waals surface area contributed by atoms with E-state index in [0.717, 1.165) is 87.1 Å². The number of ether oxygens (including phenoxy) is 2. The summed E-state index contributed by atoms with van der Waals surface area (Å²) >= 11 is 0. The summed E-state index contributed by atoms with van der Waals surface area (Å²) < 4.78 is 15.7. The van der Waals surface area contributed by atoms with Crippen LogP contribution in [0.1, 0.15) is 71.5 Å². The molecule has 0 aliphatic carbocycles. The number of nitrogens with zero attached hydrogens (tertiary/aromatic N) is 3. The van der Waals surface area contributed by atoms with Crippen LogP contribution in [0.5, 0.6) is 0 Å². The molecule has 0 radical (unpaired) electrons. The molecule has 61 heavy (non-hydrogen) atoms. The van der Waals surface area contributed by atoms with Gasteiger partial charge in [-0.05, 0) is 122 Å². The zero-order valence-electron chi connectivity index (χ0n) is 34.3. The first-order valence-electron chi connectivity index (χ1n) is 21.7. The molecule has 2 unspecified atom stereocenters. The number of para-hydroxylation sites is 4. The van der Waals surface area contributed by atoms with E-state index in [-0.39, 0.29) is 17.0 Å². The van der Waals surface area contributed by atoms with E-state index in [9.17, 15) is 9.59 Å². The molecule has 11 nitrogen and oxygen atoms in total. The minimum atomic E-state index is -0.910. The van der Waals surface area contributed by atoms with Crippen LogP contribution in [-0.4, -0.2) is 70.4 Å². The number of piperidine rings is 2. The number of aliphatic carboxylic acids is 1. The number of carbonyl (C=O) groups is 2. The lowest BCUT2D eigenvalue weighted by atomic mass is 9.82. The number of rotatable bonds is 2. The number of hydrogen-bond acceptors (Lipinski definition) is 7. The summed E-state index contributed by atoms with van der Waals surface area (Å²) in [6.45, 7) is 4.72. The number of hydrogen-bond donors (Lipinski definition) is 4. The number of benzene rings is 4. The molecule has 6 aliphatic rings. The van der Waals surface area contributed by atoms with Crippen LogP contribution in [0.15, 0.2) is 134 Å². The van der Waals surface area contributed by atoms with Crippen molar-refractivity contribution in [2.45, 2.75) is 61.8 Å². The Labute approximate surface area is 356 Å². The minimum Gasteiger partial charge on any atom is -0.479 e. The topological polar surface area (TPSA) is 122 Å². The molecular weight excluding hydrogens is 765 g/mol. The Kier molecular flexibility index (Phi) is 10.5. The van der Waals surface area contributed by atoms with Gasteiger partial charge in [-0.2, -0.15) is 0 Å². The third-order valence-corrected chi connectivity index (χ3v) is 13.4. The zero-order chi connectivity index (χ0) is 41.4. The minimum absolute atomic E-state index is 0.101. The molecule has 8 heterocycles. The fraction of sp³-hybridized carbons (Fsp3) is 0.320. The maximum atomic E-state index is 13.4. The number of fused-ring (bicyclic) bond motifs is 10. The van der Waals surface area contributed by atoms with Gasteiger partial charge in [0.25, 0.3) is 5.91 Å². The Balaban J connectivity index is 0.000000121. The van der Waals surface area contributed by atoms with E-state index in [1.807, 2.05) is 47.4 Å². The first-order chi connectivity index (χ1) is 29.9. The molecule has 6 aliphatic heterocycles. The number of aromatic nitrogens is 2. The van der Waals surface area contributed by atoms with Crippen LogP contribution < -0.4 is 16.0 Å². The molecule has 0 bridgehead atoms. The highest BCUT2D eigenvalue weighted by Gasteiger charge is 2.44. The van der Waals surface area contributed by atoms with E-state index < -0.39 is 18.2 Å². The fourth-order valence-electron chi connectivity index (χ4n) is 10.3. The van der Waals surface area contributed by atoms with Gasteiger partial charge in [-0.1, -0.05) is 72.8 Å². The van der Waals surface area contributed by atoms with Gasteiger partial charge in [0.1, 0.15) is 0 Å². The third kappa shape index (κ3) is 7.20. The van der Waals surface area contributed by atoms with E-state index in [2.05, 4.69) is 116 Å². The second-order valence-electron chi connectivity index (χ2n) is 16.8. The van der Waals surface area contributed by atoms with Crippen LogP contribution >= 0.6 is 0 Å². The number of nitrogens with one attached hydrogen (secondary N) is 3. The Morgan fingerprint density at radius 3 is 1.61 bits per heavy atom. The SMILES string of the molecule is O=C(C1OCCc2ccccc21)N1CCC2(CC1)Nc1ccccc1-n1cccc12.O=C(O)C1OCCc2ccccc21.c1ccc2c(c1)NC1(CCNCC1)c1cccn1-2. The van der Waals surface area contributed by atoms with E-state index in [4.69, 9.17) is 14.6 Å². The number of anilines is 2. The van der Waals surface area contributed by atoms with Gasteiger partial charge in [0.15, 0.2) is 12.2 Å². The zero-order valence-corrected chi connectivity index (χ0v) is 34.3. The summed E-state index contributed by atoms with van der Waals surface area (Å²) in [6.07, 6.45) is 8.81. The normalized spacial score (nSPS) is 20.8. The standard InChI is InChI=1S/C25H25N3O2.C15H17N3.C10H10O3/c29-24(23-19-7-2-1-6-18(19)11-17-30-23)27-15-12-25(13-16-27)22-10-5-14-28(22)21-9-4-3-8-20(21)26-25;1-2-5-13-12(4-1)17-15(7-9-16-10-8-15)14-6-3-11-18(13)14;11-10(12)9-8-4-2-1-3-7(8)5-6-13-9/h1-10,14,23,26H,11-13,15-17H2;1-6,11,16-17H,7-10H2;1-4,9H,5-6H2,(H,11,12). The predicted molar refractivity (Wildman–Crippen MR) is 235 cm³/mol. The predicted octanol–water partition coefficient (Wildman–Crippen LogP) is 7.90. The quantitative estimate of drug-likeness (QED) is 0.139. The van der Waals surface area contributed by atoms with E-state index >= 15 is 0 Å². The first kappa shape index (κ1) is 39.0. The maximum Gasteiger partial charge on any atom is 0.337 e. The summed E-state index contributed by atoms with van der Waals surface area (Å²) in [7, 11) is 0. The van der Waals surface area contributed by atoms with Gasteiger partial charge in [-0.25, -0.2) is 4.79 Å². The Hall–Kier alpha value is -6.14. The molecule has 2 atom stereocenters. The molecule has 2 spiro atoms. The van der Waals surface area contributed by atoms with Crippen molar-refractivity contribution >= 4 is 23.3 Å². The highest BCUT2D eigenvalue weighted by Crippen LogP contribution is 2.45. The number of carbonyl (C=O) groups excluding carboxylic acids is 1. The van der Waals surface area contributed by atoms with Crippen LogP contribution in [0.2, 0.25) is 0 Å². The summed E-state index contributed by atoms with van der Waals surface area (Å²) in [4.78, 5) is 26.1. The van der Waals surface area contributed by atoms with Crippen molar-refractivity contribution < 1.29 is 24.2 Å². The first-order valence-corrected chi connectivity index (χ1v) is 21.7. The van der Waals surface area contributed by atoms with Gasteiger partial charge in [-0.3, -0.25) is 4.79 Å². The van der Waals surface area contributed by atoms with Crippen molar-refractivity contribution in [1.82, 2.24) is 19.4 Å². The van der Waals surface area contributed by atoms with Gasteiger partial charge in [-0.15, -0.1) is 0 Å². The van der Waals surface area contributed by atoms with E-state index in [1.54, 1.807) is 0 Å². The largest absolute Gasteiger partial charge is 0.479 e. The maximum absolute atomic E-state index is 13.4. The highest BCUT2D eigenvalue weighted by atomic mass is 16.5. The second kappa shape index (κ2) is 16.4. The fourth-order valence-corrected chi connectivity index (χ4v) is 10.3. The van der Waals surface area contributed by atoms with Gasteiger partial charge in [0, 0.05) is 36.9 Å². The van der Waals surface area contributed by atoms with Crippen LogP contribution in [0.4, 0.5) is 11.4 Å². The van der Waals surface area contributed by atoms with Crippen molar-refractivity contribution in [1.29, 1.82) is 0 Å². The lowest BCUT2D eigenvalue weighted by Gasteiger charge is -2.46. The molecule has 6 aromatic rings. The Morgan fingerprint density at radius 2 is 1.05 bits per heavy atom. The molecule has 2 fully saturated rings. The molecule has 4 aromatic carbocycles. The highest BCUT2D eigenvalue weighted by molar-refractivity contribution is 5.83. The summed E-state index contributed by atoms with van der Waals surface area (Å²) in [6, 6.07) is 41.5. The molecule has 312 valence electrons. The summed E-state index contributed by atoms with van der Waals surface area (Å²) in [5, 5.41) is 19.9. The number of amides is 1. The van der Waals surface area contributed by atoms with E-state index in [0.29, 0.717) is 13.2 Å². The average molecular weight is 817 g/mol. The molecule has 12 rings (SSSR count). The van der Waals surface area contributed by atoms with Crippen LogP contribution in [0.25, 0.3) is 11.4 Å². The molecular formula is C50H52N6O5. The van der Waals surface area contributed by atoms with Crippen molar-refractivity contribution in [3.05, 3.63) is 167 Å². The van der Waals surface area contributed by atoms with Crippen molar-refractivity contribution in [3.63, 3.8) is 0 Å².